The molecule has 0 aliphatic carbocycles. The largest absolute Gasteiger partial charge is 0.495 e. The number of anilines is 1. The number of nitrogens with zero attached hydrogens (tertiary/aromatic N) is 1. The highest BCUT2D eigenvalue weighted by atomic mass is 35.5. The Morgan fingerprint density at radius 2 is 2.33 bits per heavy atom. The summed E-state index contributed by atoms with van der Waals surface area (Å²) in [6.45, 7) is 3.67. The molecule has 2 rings (SSSR count). The third-order valence-corrected chi connectivity index (χ3v) is 4.10. The van der Waals surface area contributed by atoms with Crippen LogP contribution in [0.3, 0.4) is 0 Å². The van der Waals surface area contributed by atoms with E-state index >= 15 is 0 Å². The van der Waals surface area contributed by atoms with Gasteiger partial charge in [-0.15, -0.1) is 0 Å². The quantitative estimate of drug-likeness (QED) is 0.892. The average molecular weight is 313 g/mol. The summed E-state index contributed by atoms with van der Waals surface area (Å²) in [6, 6.07) is 5.12. The predicted octanol–water partition coefficient (Wildman–Crippen LogP) is 1.99. The zero-order valence-corrected chi connectivity index (χ0v) is 13.1. The topological polar surface area (TPSA) is 61.8 Å². The van der Waals surface area contributed by atoms with Gasteiger partial charge >= 0.3 is 0 Å². The van der Waals surface area contributed by atoms with Crippen LogP contribution in [0.1, 0.15) is 13.3 Å². The number of aliphatic hydroxyl groups is 1. The third-order valence-electron chi connectivity index (χ3n) is 3.81. The van der Waals surface area contributed by atoms with E-state index < -0.39 is 0 Å². The molecule has 1 aliphatic rings. The molecule has 2 N–H and O–H groups in total. The number of hydrogen-bond acceptors (Lipinski definition) is 4. The van der Waals surface area contributed by atoms with E-state index in [0.717, 1.165) is 13.0 Å². The summed E-state index contributed by atoms with van der Waals surface area (Å²) in [5, 5.41) is 13.1. The Morgan fingerprint density at radius 3 is 2.95 bits per heavy atom. The lowest BCUT2D eigenvalue weighted by Gasteiger charge is -2.33. The molecule has 1 aromatic carbocycles. The first-order valence-corrected chi connectivity index (χ1v) is 7.41. The Kier molecular flexibility index (Phi) is 5.45. The number of halogens is 1. The van der Waals surface area contributed by atoms with Gasteiger partial charge in [-0.3, -0.25) is 9.69 Å². The molecule has 1 aromatic rings. The molecule has 6 heteroatoms. The number of hydrogen-bond donors (Lipinski definition) is 2. The lowest BCUT2D eigenvalue weighted by molar-refractivity contribution is -0.118. The smallest absolute Gasteiger partial charge is 0.238 e. The summed E-state index contributed by atoms with van der Waals surface area (Å²) in [4.78, 5) is 14.0. The van der Waals surface area contributed by atoms with Gasteiger partial charge in [0, 0.05) is 12.2 Å². The molecule has 1 saturated heterocycles. The number of ether oxygens (including phenoxy) is 1. The molecule has 5 nitrogen and oxygen atoms in total. The van der Waals surface area contributed by atoms with E-state index in [1.54, 1.807) is 25.3 Å². The zero-order chi connectivity index (χ0) is 15.4. The molecular weight excluding hydrogens is 292 g/mol. The fourth-order valence-corrected chi connectivity index (χ4v) is 2.66. The number of nitrogens with one attached hydrogen (secondary N) is 1. The number of methoxy groups -OCH3 is 1. The van der Waals surface area contributed by atoms with Gasteiger partial charge in [0.1, 0.15) is 5.75 Å². The van der Waals surface area contributed by atoms with Crippen LogP contribution in [0.5, 0.6) is 5.75 Å². The van der Waals surface area contributed by atoms with Crippen LogP contribution in [-0.2, 0) is 4.79 Å². The number of carbonyl (C=O) groups is 1. The van der Waals surface area contributed by atoms with Crippen molar-refractivity contribution in [2.24, 2.45) is 5.92 Å². The zero-order valence-electron chi connectivity index (χ0n) is 12.3. The molecule has 1 aliphatic heterocycles. The highest BCUT2D eigenvalue weighted by Gasteiger charge is 2.25. The Hall–Kier alpha value is -1.30. The molecule has 1 amide bonds. The Balaban J connectivity index is 1.88. The minimum atomic E-state index is -0.359. The van der Waals surface area contributed by atoms with E-state index in [1.807, 2.05) is 11.8 Å². The molecular formula is C15H21ClN2O3. The fraction of sp³-hybridized carbons (Fsp3) is 0.533. The summed E-state index contributed by atoms with van der Waals surface area (Å²) in [6.07, 6.45) is 0.546. The van der Waals surface area contributed by atoms with Crippen LogP contribution >= 0.6 is 11.6 Å². The Labute approximate surface area is 129 Å². The van der Waals surface area contributed by atoms with Gasteiger partial charge in [-0.25, -0.2) is 0 Å². The maximum absolute atomic E-state index is 12.0. The van der Waals surface area contributed by atoms with Crippen LogP contribution in [0.4, 0.5) is 5.69 Å². The summed E-state index contributed by atoms with van der Waals surface area (Å²) in [7, 11) is 1.54. The minimum Gasteiger partial charge on any atom is -0.495 e. The number of β-amino-alcohol motifs (C(OH)–C–C–N with tert-alkyl or cyclic N) is 1. The number of piperidine rings is 1. The van der Waals surface area contributed by atoms with Crippen molar-refractivity contribution in [1.82, 2.24) is 4.90 Å². The van der Waals surface area contributed by atoms with E-state index in [9.17, 15) is 9.90 Å². The first kappa shape index (κ1) is 16.1. The van der Waals surface area contributed by atoms with Crippen molar-refractivity contribution in [3.8, 4) is 5.75 Å². The van der Waals surface area contributed by atoms with E-state index in [0.29, 0.717) is 28.9 Å². The Bertz CT molecular complexity index is 510. The highest BCUT2D eigenvalue weighted by molar-refractivity contribution is 6.32. The molecule has 2 unspecified atom stereocenters. The lowest BCUT2D eigenvalue weighted by atomic mass is 9.96. The van der Waals surface area contributed by atoms with Gasteiger partial charge in [0.05, 0.1) is 24.8 Å². The summed E-state index contributed by atoms with van der Waals surface area (Å²) in [5.74, 6) is 0.755. The summed E-state index contributed by atoms with van der Waals surface area (Å²) < 4.78 is 5.07. The Morgan fingerprint density at radius 1 is 1.57 bits per heavy atom. The van der Waals surface area contributed by atoms with Crippen LogP contribution in [0, 0.1) is 5.92 Å². The summed E-state index contributed by atoms with van der Waals surface area (Å²) >= 11 is 6.02. The van der Waals surface area contributed by atoms with Crippen LogP contribution in [0.2, 0.25) is 5.02 Å². The van der Waals surface area contributed by atoms with Crippen molar-refractivity contribution in [3.63, 3.8) is 0 Å². The molecule has 0 aromatic heterocycles. The number of benzene rings is 1. The van der Waals surface area contributed by atoms with Gasteiger partial charge in [-0.05, 0) is 37.1 Å². The van der Waals surface area contributed by atoms with Gasteiger partial charge in [0.2, 0.25) is 5.91 Å². The van der Waals surface area contributed by atoms with Crippen LogP contribution < -0.4 is 10.1 Å². The normalized spacial score (nSPS) is 22.9. The van der Waals surface area contributed by atoms with Gasteiger partial charge in [-0.2, -0.15) is 0 Å². The number of rotatable bonds is 4. The summed E-state index contributed by atoms with van der Waals surface area (Å²) in [5.41, 5.74) is 0.636. The molecule has 1 fully saturated rings. The molecule has 2 atom stereocenters. The predicted molar refractivity (Wildman–Crippen MR) is 82.9 cm³/mol. The minimum absolute atomic E-state index is 0.113. The van der Waals surface area contributed by atoms with Crippen molar-refractivity contribution in [2.75, 3.05) is 32.1 Å². The molecule has 0 bridgehead atoms. The van der Waals surface area contributed by atoms with Gasteiger partial charge in [-0.1, -0.05) is 18.5 Å². The number of likely N-dealkylation sites (tertiary alicyclic amines) is 1. The van der Waals surface area contributed by atoms with Crippen LogP contribution in [0.25, 0.3) is 0 Å². The van der Waals surface area contributed by atoms with E-state index in [4.69, 9.17) is 16.3 Å². The first-order valence-electron chi connectivity index (χ1n) is 7.03. The van der Waals surface area contributed by atoms with Gasteiger partial charge in [0.25, 0.3) is 0 Å². The maximum Gasteiger partial charge on any atom is 0.238 e. The van der Waals surface area contributed by atoms with Crippen molar-refractivity contribution >= 4 is 23.2 Å². The van der Waals surface area contributed by atoms with Crippen molar-refractivity contribution in [2.45, 2.75) is 19.4 Å². The van der Waals surface area contributed by atoms with E-state index in [-0.39, 0.29) is 18.6 Å². The first-order chi connectivity index (χ1) is 9.99. The maximum atomic E-state index is 12.0. The molecule has 0 radical (unpaired) electrons. The third kappa shape index (κ3) is 4.33. The fourth-order valence-electron chi connectivity index (χ4n) is 2.41. The van der Waals surface area contributed by atoms with Crippen LogP contribution in [-0.4, -0.2) is 48.8 Å². The molecule has 0 saturated carbocycles. The highest BCUT2D eigenvalue weighted by Crippen LogP contribution is 2.27. The van der Waals surface area contributed by atoms with Gasteiger partial charge in [0.15, 0.2) is 0 Å². The lowest BCUT2D eigenvalue weighted by Crippen LogP contribution is -2.45. The second-order valence-electron chi connectivity index (χ2n) is 5.47. The standard InChI is InChI=1S/C15H21ClN2O3/c1-10-5-6-18(8-13(10)19)9-15(20)17-11-3-4-14(21-2)12(16)7-11/h3-4,7,10,13,19H,5-6,8-9H2,1-2H3,(H,17,20). The van der Waals surface area contributed by atoms with Crippen LogP contribution in [0.15, 0.2) is 18.2 Å². The SMILES string of the molecule is COc1ccc(NC(=O)CN2CCC(C)C(O)C2)cc1Cl. The molecule has 0 spiro atoms. The van der Waals surface area contributed by atoms with Gasteiger partial charge < -0.3 is 15.2 Å². The molecule has 21 heavy (non-hydrogen) atoms. The second-order valence-corrected chi connectivity index (χ2v) is 5.87. The molecule has 1 heterocycles. The van der Waals surface area contributed by atoms with Crippen molar-refractivity contribution < 1.29 is 14.6 Å². The monoisotopic (exact) mass is 312 g/mol. The van der Waals surface area contributed by atoms with Crippen molar-refractivity contribution in [3.05, 3.63) is 23.2 Å². The van der Waals surface area contributed by atoms with E-state index in [2.05, 4.69) is 5.32 Å². The number of carbonyl (C=O) groups excluding carboxylic acids is 1. The molecule has 116 valence electrons. The average Bonchev–Trinajstić information content (AvgIpc) is 2.43. The number of aliphatic hydroxyl groups excluding tert-OH is 1. The second kappa shape index (κ2) is 7.11. The van der Waals surface area contributed by atoms with Crippen molar-refractivity contribution in [1.29, 1.82) is 0 Å². The van der Waals surface area contributed by atoms with E-state index in [1.165, 1.54) is 0 Å². The number of amides is 1.